The average Bonchev–Trinajstić information content (AvgIpc) is 2.95. The van der Waals surface area contributed by atoms with Gasteiger partial charge in [0.15, 0.2) is 5.96 Å². The molecule has 0 bridgehead atoms. The van der Waals surface area contributed by atoms with Crippen LogP contribution in [0.2, 0.25) is 0 Å². The largest absolute Gasteiger partial charge is 0.496 e. The third kappa shape index (κ3) is 5.66. The Hall–Kier alpha value is -1.84. The average molecular weight is 444 g/mol. The molecule has 0 radical (unpaired) electrons. The minimum atomic E-state index is 0. The molecule has 0 atom stereocenters. The number of aromatic nitrogens is 3. The SMILES string of the molecule is CCNC(=NCc1ccc(OC)c(C)c1)NCc1ncnn1C.I. The van der Waals surface area contributed by atoms with Crippen molar-refractivity contribution in [2.24, 2.45) is 12.0 Å². The minimum absolute atomic E-state index is 0. The van der Waals surface area contributed by atoms with Gasteiger partial charge in [-0.3, -0.25) is 4.68 Å². The molecule has 8 heteroatoms. The van der Waals surface area contributed by atoms with Gasteiger partial charge in [0.05, 0.1) is 20.2 Å². The molecule has 2 rings (SSSR count). The lowest BCUT2D eigenvalue weighted by atomic mass is 10.1. The van der Waals surface area contributed by atoms with Crippen molar-refractivity contribution in [2.75, 3.05) is 13.7 Å². The molecule has 1 aromatic heterocycles. The van der Waals surface area contributed by atoms with E-state index in [9.17, 15) is 0 Å². The molecule has 0 fully saturated rings. The summed E-state index contributed by atoms with van der Waals surface area (Å²) in [5.74, 6) is 2.50. The normalized spacial score (nSPS) is 10.9. The Morgan fingerprint density at radius 2 is 2.12 bits per heavy atom. The van der Waals surface area contributed by atoms with Gasteiger partial charge in [0, 0.05) is 13.6 Å². The summed E-state index contributed by atoms with van der Waals surface area (Å²) in [7, 11) is 3.55. The number of guanidine groups is 1. The highest BCUT2D eigenvalue weighted by Crippen LogP contribution is 2.18. The van der Waals surface area contributed by atoms with Crippen molar-refractivity contribution in [3.8, 4) is 5.75 Å². The molecule has 0 amide bonds. The van der Waals surface area contributed by atoms with Crippen molar-refractivity contribution in [3.05, 3.63) is 41.5 Å². The molecule has 0 saturated carbocycles. The van der Waals surface area contributed by atoms with E-state index in [0.717, 1.165) is 35.2 Å². The molecule has 0 saturated heterocycles. The smallest absolute Gasteiger partial charge is 0.191 e. The molecule has 0 aliphatic carbocycles. The van der Waals surface area contributed by atoms with E-state index >= 15 is 0 Å². The highest BCUT2D eigenvalue weighted by atomic mass is 127. The first-order chi connectivity index (χ1) is 11.1. The summed E-state index contributed by atoms with van der Waals surface area (Å²) in [6.07, 6.45) is 1.54. The maximum Gasteiger partial charge on any atom is 0.191 e. The summed E-state index contributed by atoms with van der Waals surface area (Å²) >= 11 is 0. The van der Waals surface area contributed by atoms with E-state index in [1.807, 2.05) is 33.0 Å². The topological polar surface area (TPSA) is 76.4 Å². The number of hydrogen-bond donors (Lipinski definition) is 2. The van der Waals surface area contributed by atoms with Crippen molar-refractivity contribution >= 4 is 29.9 Å². The molecule has 1 heterocycles. The van der Waals surface area contributed by atoms with Crippen LogP contribution in [0.4, 0.5) is 0 Å². The van der Waals surface area contributed by atoms with Crippen molar-refractivity contribution in [1.29, 1.82) is 0 Å². The van der Waals surface area contributed by atoms with Crippen LogP contribution in [-0.2, 0) is 20.1 Å². The van der Waals surface area contributed by atoms with Gasteiger partial charge in [-0.25, -0.2) is 9.98 Å². The molecule has 24 heavy (non-hydrogen) atoms. The van der Waals surface area contributed by atoms with E-state index in [0.29, 0.717) is 13.1 Å². The van der Waals surface area contributed by atoms with E-state index in [1.54, 1.807) is 18.1 Å². The van der Waals surface area contributed by atoms with Gasteiger partial charge in [0.2, 0.25) is 0 Å². The lowest BCUT2D eigenvalue weighted by Gasteiger charge is -2.11. The molecule has 0 aliphatic rings. The van der Waals surface area contributed by atoms with Gasteiger partial charge < -0.3 is 15.4 Å². The first kappa shape index (κ1) is 20.2. The van der Waals surface area contributed by atoms with Crippen LogP contribution in [0, 0.1) is 6.92 Å². The standard InChI is InChI=1S/C16H24N6O.HI/c1-5-17-16(19-10-15-20-11-21-22(15)3)18-9-13-6-7-14(23-4)12(2)8-13;/h6-8,11H,5,9-10H2,1-4H3,(H2,17,18,19);1H. The number of nitrogens with one attached hydrogen (secondary N) is 2. The molecule has 132 valence electrons. The Bertz CT molecular complexity index is 670. The Morgan fingerprint density at radius 1 is 1.33 bits per heavy atom. The van der Waals surface area contributed by atoms with E-state index < -0.39 is 0 Å². The molecular formula is C16H25IN6O. The molecule has 1 aromatic carbocycles. The van der Waals surface area contributed by atoms with Gasteiger partial charge in [0.1, 0.15) is 17.9 Å². The van der Waals surface area contributed by atoms with Crippen LogP contribution in [0.25, 0.3) is 0 Å². The fourth-order valence-electron chi connectivity index (χ4n) is 2.19. The van der Waals surface area contributed by atoms with E-state index in [2.05, 4.69) is 31.8 Å². The summed E-state index contributed by atoms with van der Waals surface area (Å²) in [4.78, 5) is 8.80. The third-order valence-electron chi connectivity index (χ3n) is 3.44. The molecule has 0 spiro atoms. The van der Waals surface area contributed by atoms with E-state index in [1.165, 1.54) is 0 Å². The minimum Gasteiger partial charge on any atom is -0.496 e. The number of hydrogen-bond acceptors (Lipinski definition) is 4. The Morgan fingerprint density at radius 3 is 2.71 bits per heavy atom. The number of aliphatic imine (C=N–C) groups is 1. The van der Waals surface area contributed by atoms with Crippen molar-refractivity contribution in [3.63, 3.8) is 0 Å². The van der Waals surface area contributed by atoms with Crippen LogP contribution < -0.4 is 15.4 Å². The van der Waals surface area contributed by atoms with Gasteiger partial charge in [-0.2, -0.15) is 5.10 Å². The van der Waals surface area contributed by atoms with Crippen LogP contribution in [0.15, 0.2) is 29.5 Å². The predicted octanol–water partition coefficient (Wildman–Crippen LogP) is 2.01. The number of benzene rings is 1. The molecule has 2 N–H and O–H groups in total. The number of rotatable bonds is 6. The molecular weight excluding hydrogens is 419 g/mol. The van der Waals surface area contributed by atoms with Gasteiger partial charge >= 0.3 is 0 Å². The maximum absolute atomic E-state index is 5.28. The number of halogens is 1. The Labute approximate surface area is 159 Å². The second kappa shape index (κ2) is 10.1. The number of nitrogens with zero attached hydrogens (tertiary/aromatic N) is 4. The number of methoxy groups -OCH3 is 1. The van der Waals surface area contributed by atoms with Crippen molar-refractivity contribution in [1.82, 2.24) is 25.4 Å². The van der Waals surface area contributed by atoms with Crippen LogP contribution in [0.3, 0.4) is 0 Å². The Balaban J connectivity index is 0.00000288. The van der Waals surface area contributed by atoms with Crippen LogP contribution in [0.1, 0.15) is 23.9 Å². The summed E-state index contributed by atoms with van der Waals surface area (Å²) in [5, 5.41) is 10.5. The van der Waals surface area contributed by atoms with Crippen LogP contribution in [-0.4, -0.2) is 34.4 Å². The van der Waals surface area contributed by atoms with Gasteiger partial charge in [-0.1, -0.05) is 12.1 Å². The van der Waals surface area contributed by atoms with Gasteiger partial charge in [-0.15, -0.1) is 24.0 Å². The van der Waals surface area contributed by atoms with E-state index in [-0.39, 0.29) is 24.0 Å². The zero-order chi connectivity index (χ0) is 16.7. The predicted molar refractivity (Wildman–Crippen MR) is 106 cm³/mol. The Kier molecular flexibility index (Phi) is 8.51. The lowest BCUT2D eigenvalue weighted by molar-refractivity contribution is 0.411. The zero-order valence-corrected chi connectivity index (χ0v) is 16.9. The lowest BCUT2D eigenvalue weighted by Crippen LogP contribution is -2.37. The van der Waals surface area contributed by atoms with Crippen LogP contribution in [0.5, 0.6) is 5.75 Å². The maximum atomic E-state index is 5.28. The summed E-state index contributed by atoms with van der Waals surface area (Å²) in [6.45, 7) is 6.04. The number of ether oxygens (including phenoxy) is 1. The fraction of sp³-hybridized carbons (Fsp3) is 0.438. The van der Waals surface area contributed by atoms with E-state index in [4.69, 9.17) is 4.74 Å². The second-order valence-electron chi connectivity index (χ2n) is 5.15. The molecule has 7 nitrogen and oxygen atoms in total. The van der Waals surface area contributed by atoms with Crippen molar-refractivity contribution < 1.29 is 4.74 Å². The highest BCUT2D eigenvalue weighted by molar-refractivity contribution is 14.0. The highest BCUT2D eigenvalue weighted by Gasteiger charge is 2.03. The fourth-order valence-corrected chi connectivity index (χ4v) is 2.19. The summed E-state index contributed by atoms with van der Waals surface area (Å²) in [6, 6.07) is 6.09. The van der Waals surface area contributed by atoms with Gasteiger partial charge in [-0.05, 0) is 31.0 Å². The molecule has 2 aromatic rings. The van der Waals surface area contributed by atoms with Crippen molar-refractivity contribution in [2.45, 2.75) is 26.9 Å². The van der Waals surface area contributed by atoms with Crippen LogP contribution >= 0.6 is 24.0 Å². The zero-order valence-electron chi connectivity index (χ0n) is 14.5. The first-order valence-corrected chi connectivity index (χ1v) is 7.62. The molecule has 0 unspecified atom stereocenters. The molecule has 0 aliphatic heterocycles. The summed E-state index contributed by atoms with van der Waals surface area (Å²) < 4.78 is 7.02. The third-order valence-corrected chi connectivity index (χ3v) is 3.44. The van der Waals surface area contributed by atoms with Gasteiger partial charge in [0.25, 0.3) is 0 Å². The quantitative estimate of drug-likeness (QED) is 0.405. The monoisotopic (exact) mass is 444 g/mol. The summed E-state index contributed by atoms with van der Waals surface area (Å²) in [5.41, 5.74) is 2.25. The second-order valence-corrected chi connectivity index (χ2v) is 5.15. The first-order valence-electron chi connectivity index (χ1n) is 7.62. The number of aryl methyl sites for hydroxylation is 2.